The van der Waals surface area contributed by atoms with E-state index in [1.807, 2.05) is 0 Å². The molecule has 1 aliphatic rings. The van der Waals surface area contributed by atoms with E-state index in [1.54, 1.807) is 11.0 Å². The van der Waals surface area contributed by atoms with Gasteiger partial charge in [0, 0.05) is 18.8 Å². The molecule has 0 unspecified atom stereocenters. The minimum absolute atomic E-state index is 0.315. The third-order valence-electron chi connectivity index (χ3n) is 3.75. The lowest BCUT2D eigenvalue weighted by molar-refractivity contribution is -0.145. The summed E-state index contributed by atoms with van der Waals surface area (Å²) in [6.45, 7) is 0.882. The average Bonchev–Trinajstić information content (AvgIpc) is 2.52. The number of nitrogens with zero attached hydrogens (tertiary/aromatic N) is 2. The molecular weight excluding hydrogens is 297 g/mol. The maximum Gasteiger partial charge on any atom is 0.417 e. The highest BCUT2D eigenvalue weighted by Crippen LogP contribution is 2.35. The SMILES string of the molecule is COC(=O)[C@H]1CCCN(c2ccc(C#N)c(C(F)(F)F)c2)C1. The normalized spacial score (nSPS) is 18.7. The molecule has 7 heteroatoms. The predicted octanol–water partition coefficient (Wildman–Crippen LogP) is 2.97. The van der Waals surface area contributed by atoms with Crippen molar-refractivity contribution in [1.29, 1.82) is 5.26 Å². The van der Waals surface area contributed by atoms with Gasteiger partial charge in [0.2, 0.25) is 0 Å². The summed E-state index contributed by atoms with van der Waals surface area (Å²) < 4.78 is 43.7. The van der Waals surface area contributed by atoms with E-state index in [9.17, 15) is 18.0 Å². The zero-order valence-electron chi connectivity index (χ0n) is 12.0. The Balaban J connectivity index is 2.29. The van der Waals surface area contributed by atoms with E-state index in [0.717, 1.165) is 6.07 Å². The number of anilines is 1. The zero-order chi connectivity index (χ0) is 16.3. The van der Waals surface area contributed by atoms with Gasteiger partial charge >= 0.3 is 12.1 Å². The lowest BCUT2D eigenvalue weighted by atomic mass is 9.97. The van der Waals surface area contributed by atoms with Crippen LogP contribution in [-0.4, -0.2) is 26.2 Å². The number of piperidine rings is 1. The van der Waals surface area contributed by atoms with E-state index in [2.05, 4.69) is 0 Å². The average molecular weight is 312 g/mol. The highest BCUT2D eigenvalue weighted by molar-refractivity contribution is 5.73. The van der Waals surface area contributed by atoms with Gasteiger partial charge in [0.1, 0.15) is 0 Å². The Morgan fingerprint density at radius 1 is 1.45 bits per heavy atom. The van der Waals surface area contributed by atoms with E-state index >= 15 is 0 Å². The van der Waals surface area contributed by atoms with Crippen LogP contribution in [0, 0.1) is 17.2 Å². The summed E-state index contributed by atoms with van der Waals surface area (Å²) in [7, 11) is 1.30. The van der Waals surface area contributed by atoms with Crippen molar-refractivity contribution in [3.8, 4) is 6.07 Å². The minimum atomic E-state index is -4.58. The van der Waals surface area contributed by atoms with Crippen molar-refractivity contribution in [2.45, 2.75) is 19.0 Å². The van der Waals surface area contributed by atoms with Gasteiger partial charge in [-0.05, 0) is 31.0 Å². The monoisotopic (exact) mass is 312 g/mol. The number of alkyl halides is 3. The van der Waals surface area contributed by atoms with Crippen molar-refractivity contribution < 1.29 is 22.7 Å². The molecule has 4 nitrogen and oxygen atoms in total. The molecule has 2 rings (SSSR count). The molecule has 1 fully saturated rings. The topological polar surface area (TPSA) is 53.3 Å². The molecule has 0 aliphatic carbocycles. The number of benzene rings is 1. The molecule has 0 radical (unpaired) electrons. The van der Waals surface area contributed by atoms with Crippen molar-refractivity contribution in [1.82, 2.24) is 0 Å². The lowest BCUT2D eigenvalue weighted by Crippen LogP contribution is -2.39. The third kappa shape index (κ3) is 3.32. The number of esters is 1. The van der Waals surface area contributed by atoms with E-state index in [1.165, 1.54) is 19.2 Å². The molecule has 22 heavy (non-hydrogen) atoms. The summed E-state index contributed by atoms with van der Waals surface area (Å²) in [5.74, 6) is -0.696. The largest absolute Gasteiger partial charge is 0.469 e. The first-order chi connectivity index (χ1) is 10.4. The molecule has 0 bridgehead atoms. The first kappa shape index (κ1) is 16.1. The fourth-order valence-electron chi connectivity index (χ4n) is 2.63. The molecule has 0 saturated carbocycles. The first-order valence-electron chi connectivity index (χ1n) is 6.81. The van der Waals surface area contributed by atoms with Crippen molar-refractivity contribution >= 4 is 11.7 Å². The molecule has 118 valence electrons. The third-order valence-corrected chi connectivity index (χ3v) is 3.75. The van der Waals surface area contributed by atoms with Crippen LogP contribution < -0.4 is 4.90 Å². The van der Waals surface area contributed by atoms with Gasteiger partial charge in [-0.3, -0.25) is 4.79 Å². The summed E-state index contributed by atoms with van der Waals surface area (Å²) in [5.41, 5.74) is -0.995. The smallest absolute Gasteiger partial charge is 0.417 e. The highest BCUT2D eigenvalue weighted by Gasteiger charge is 2.35. The predicted molar refractivity (Wildman–Crippen MR) is 73.1 cm³/mol. The van der Waals surface area contributed by atoms with Gasteiger partial charge in [-0.15, -0.1) is 0 Å². The van der Waals surface area contributed by atoms with Crippen LogP contribution in [0.2, 0.25) is 0 Å². The quantitative estimate of drug-likeness (QED) is 0.788. The summed E-state index contributed by atoms with van der Waals surface area (Å²) in [6, 6.07) is 5.17. The fourth-order valence-corrected chi connectivity index (χ4v) is 2.63. The Morgan fingerprint density at radius 2 is 2.18 bits per heavy atom. The van der Waals surface area contributed by atoms with Crippen LogP contribution in [0.5, 0.6) is 0 Å². The summed E-state index contributed by atoms with van der Waals surface area (Å²) >= 11 is 0. The second-order valence-electron chi connectivity index (χ2n) is 5.15. The Labute approximate surface area is 126 Å². The minimum Gasteiger partial charge on any atom is -0.469 e. The maximum atomic E-state index is 13.0. The van der Waals surface area contributed by atoms with Crippen molar-refractivity contribution in [3.05, 3.63) is 29.3 Å². The molecule has 1 heterocycles. The van der Waals surface area contributed by atoms with E-state index in [4.69, 9.17) is 10.00 Å². The van der Waals surface area contributed by atoms with Gasteiger partial charge in [0.25, 0.3) is 0 Å². The number of rotatable bonds is 2. The molecule has 1 atom stereocenters. The van der Waals surface area contributed by atoms with Gasteiger partial charge in [-0.2, -0.15) is 18.4 Å². The van der Waals surface area contributed by atoms with E-state index in [0.29, 0.717) is 31.6 Å². The van der Waals surface area contributed by atoms with Crippen LogP contribution in [0.15, 0.2) is 18.2 Å². The molecule has 1 aliphatic heterocycles. The Hall–Kier alpha value is -2.23. The number of hydrogen-bond donors (Lipinski definition) is 0. The van der Waals surface area contributed by atoms with Crippen molar-refractivity contribution in [3.63, 3.8) is 0 Å². The van der Waals surface area contributed by atoms with E-state index in [-0.39, 0.29) is 11.9 Å². The molecule has 1 aromatic carbocycles. The van der Waals surface area contributed by atoms with Gasteiger partial charge in [0.05, 0.1) is 30.2 Å². The molecule has 0 N–H and O–H groups in total. The first-order valence-corrected chi connectivity index (χ1v) is 6.81. The number of methoxy groups -OCH3 is 1. The lowest BCUT2D eigenvalue weighted by Gasteiger charge is -2.33. The van der Waals surface area contributed by atoms with Crippen LogP contribution in [0.25, 0.3) is 0 Å². The molecular formula is C15H15F3N2O2. The van der Waals surface area contributed by atoms with E-state index < -0.39 is 17.3 Å². The fraction of sp³-hybridized carbons (Fsp3) is 0.467. The number of hydrogen-bond acceptors (Lipinski definition) is 4. The molecule has 0 aromatic heterocycles. The standard InChI is InChI=1S/C15H15F3N2O2/c1-22-14(21)11-3-2-6-20(9-11)12-5-4-10(8-19)13(7-12)15(16,17)18/h4-5,7,11H,2-3,6,9H2,1H3/t11-/m0/s1. The molecule has 1 saturated heterocycles. The van der Waals surface area contributed by atoms with Crippen LogP contribution >= 0.6 is 0 Å². The second-order valence-corrected chi connectivity index (χ2v) is 5.15. The molecule has 1 aromatic rings. The Kier molecular flexibility index (Phi) is 4.59. The number of ether oxygens (including phenoxy) is 1. The Bertz CT molecular complexity index is 608. The van der Waals surface area contributed by atoms with Gasteiger partial charge < -0.3 is 9.64 Å². The van der Waals surface area contributed by atoms with Crippen molar-refractivity contribution in [2.24, 2.45) is 5.92 Å². The summed E-state index contributed by atoms with van der Waals surface area (Å²) in [5, 5.41) is 8.80. The number of halogens is 3. The van der Waals surface area contributed by atoms with Crippen molar-refractivity contribution in [2.75, 3.05) is 25.1 Å². The maximum absolute atomic E-state index is 13.0. The van der Waals surface area contributed by atoms with Crippen LogP contribution in [-0.2, 0) is 15.7 Å². The summed E-state index contributed by atoms with van der Waals surface area (Å²) in [6.07, 6.45) is -3.23. The number of carbonyl (C=O) groups is 1. The second kappa shape index (κ2) is 6.26. The summed E-state index contributed by atoms with van der Waals surface area (Å²) in [4.78, 5) is 13.3. The molecule has 0 spiro atoms. The van der Waals surface area contributed by atoms with Crippen LogP contribution in [0.4, 0.5) is 18.9 Å². The highest BCUT2D eigenvalue weighted by atomic mass is 19.4. The van der Waals surface area contributed by atoms with Gasteiger partial charge in [-0.25, -0.2) is 0 Å². The van der Waals surface area contributed by atoms with Crippen LogP contribution in [0.1, 0.15) is 24.0 Å². The van der Waals surface area contributed by atoms with Gasteiger partial charge in [-0.1, -0.05) is 0 Å². The van der Waals surface area contributed by atoms with Gasteiger partial charge in [0.15, 0.2) is 0 Å². The zero-order valence-corrected chi connectivity index (χ0v) is 12.0. The number of carbonyl (C=O) groups excluding carboxylic acids is 1. The number of nitriles is 1. The Morgan fingerprint density at radius 3 is 2.77 bits per heavy atom. The van der Waals surface area contributed by atoms with Crippen LogP contribution in [0.3, 0.4) is 0 Å². The molecule has 0 amide bonds.